The fraction of sp³-hybridized carbons (Fsp3) is 0.286. The van der Waals surface area contributed by atoms with Crippen molar-refractivity contribution in [1.82, 2.24) is 5.32 Å². The number of nitriles is 1. The highest BCUT2D eigenvalue weighted by Crippen LogP contribution is 2.25. The van der Waals surface area contributed by atoms with E-state index in [-0.39, 0.29) is 17.1 Å². The number of amides is 1. The average Bonchev–Trinajstić information content (AvgIpc) is 2.44. The van der Waals surface area contributed by atoms with E-state index in [9.17, 15) is 15.0 Å². The van der Waals surface area contributed by atoms with Gasteiger partial charge in [-0.3, -0.25) is 4.79 Å². The molecule has 3 N–H and O–H groups in total. The molecule has 1 aromatic carbocycles. The summed E-state index contributed by atoms with van der Waals surface area (Å²) in [6, 6.07) is 5.82. The van der Waals surface area contributed by atoms with Gasteiger partial charge in [-0.25, -0.2) is 0 Å². The molecule has 0 aliphatic rings. The van der Waals surface area contributed by atoms with E-state index in [1.54, 1.807) is 6.07 Å². The Bertz CT molecular complexity index is 547. The summed E-state index contributed by atoms with van der Waals surface area (Å²) in [7, 11) is 0. The van der Waals surface area contributed by atoms with Gasteiger partial charge in [-0.2, -0.15) is 5.26 Å². The van der Waals surface area contributed by atoms with E-state index >= 15 is 0 Å². The maximum absolute atomic E-state index is 11.7. The van der Waals surface area contributed by atoms with E-state index in [0.29, 0.717) is 25.3 Å². The molecule has 0 saturated carbocycles. The number of benzene rings is 1. The van der Waals surface area contributed by atoms with Crippen LogP contribution in [-0.2, 0) is 9.53 Å². The van der Waals surface area contributed by atoms with E-state index in [4.69, 9.17) is 10.00 Å². The highest BCUT2D eigenvalue weighted by Gasteiger charge is 2.09. The van der Waals surface area contributed by atoms with E-state index in [1.807, 2.05) is 6.92 Å². The van der Waals surface area contributed by atoms with E-state index in [0.717, 1.165) is 0 Å². The van der Waals surface area contributed by atoms with Gasteiger partial charge in [0.25, 0.3) is 5.91 Å². The Morgan fingerprint density at radius 2 is 2.20 bits per heavy atom. The molecule has 0 aliphatic heterocycles. The topological polar surface area (TPSA) is 103 Å². The van der Waals surface area contributed by atoms with Gasteiger partial charge in [0.05, 0.1) is 6.61 Å². The van der Waals surface area contributed by atoms with Crippen LogP contribution in [-0.4, -0.2) is 35.9 Å². The number of carbonyl (C=O) groups is 1. The first-order chi connectivity index (χ1) is 9.58. The number of carbonyl (C=O) groups excluding carboxylic acids is 1. The molecule has 0 atom stereocenters. The van der Waals surface area contributed by atoms with Crippen LogP contribution >= 0.6 is 0 Å². The molecule has 1 rings (SSSR count). The third-order valence-corrected chi connectivity index (χ3v) is 2.41. The molecule has 0 spiro atoms. The monoisotopic (exact) mass is 276 g/mol. The maximum atomic E-state index is 11.7. The summed E-state index contributed by atoms with van der Waals surface area (Å²) in [6.45, 7) is 3.09. The number of hydrogen-bond acceptors (Lipinski definition) is 5. The lowest BCUT2D eigenvalue weighted by molar-refractivity contribution is -0.117. The molecule has 0 aromatic heterocycles. The number of hydrogen-bond donors (Lipinski definition) is 3. The number of aromatic hydroxyl groups is 2. The minimum atomic E-state index is -0.514. The molecule has 0 heterocycles. The summed E-state index contributed by atoms with van der Waals surface area (Å²) in [4.78, 5) is 11.7. The number of nitrogens with zero attached hydrogens (tertiary/aromatic N) is 1. The van der Waals surface area contributed by atoms with Crippen LogP contribution in [0.15, 0.2) is 23.8 Å². The Morgan fingerprint density at radius 1 is 1.45 bits per heavy atom. The van der Waals surface area contributed by atoms with Crippen molar-refractivity contribution in [2.24, 2.45) is 0 Å². The molecule has 6 heteroatoms. The first-order valence-corrected chi connectivity index (χ1v) is 6.08. The van der Waals surface area contributed by atoms with Crippen molar-refractivity contribution in [2.45, 2.75) is 6.92 Å². The largest absolute Gasteiger partial charge is 0.504 e. The molecular formula is C14H16N2O4. The third kappa shape index (κ3) is 4.63. The van der Waals surface area contributed by atoms with Crippen molar-refractivity contribution in [3.05, 3.63) is 29.3 Å². The molecule has 0 fully saturated rings. The minimum absolute atomic E-state index is 0.0911. The van der Waals surface area contributed by atoms with Crippen LogP contribution in [0, 0.1) is 11.3 Å². The Morgan fingerprint density at radius 3 is 2.80 bits per heavy atom. The molecule has 1 aromatic rings. The number of ether oxygens (including phenoxy) is 1. The number of rotatable bonds is 6. The fourth-order valence-corrected chi connectivity index (χ4v) is 1.42. The quantitative estimate of drug-likeness (QED) is 0.313. The average molecular weight is 276 g/mol. The lowest BCUT2D eigenvalue weighted by Gasteiger charge is -2.04. The van der Waals surface area contributed by atoms with E-state index < -0.39 is 5.91 Å². The zero-order chi connectivity index (χ0) is 15.0. The predicted octanol–water partition coefficient (Wildman–Crippen LogP) is 1.16. The van der Waals surface area contributed by atoms with Crippen LogP contribution < -0.4 is 5.32 Å². The molecule has 0 bridgehead atoms. The third-order valence-electron chi connectivity index (χ3n) is 2.41. The Hall–Kier alpha value is -2.52. The molecule has 6 nitrogen and oxygen atoms in total. The summed E-state index contributed by atoms with van der Waals surface area (Å²) in [5.74, 6) is -1.09. The van der Waals surface area contributed by atoms with E-state index in [1.165, 1.54) is 24.3 Å². The predicted molar refractivity (Wildman–Crippen MR) is 72.9 cm³/mol. The second kappa shape index (κ2) is 7.81. The van der Waals surface area contributed by atoms with Gasteiger partial charge in [-0.15, -0.1) is 0 Å². The molecule has 0 aliphatic carbocycles. The van der Waals surface area contributed by atoms with Crippen molar-refractivity contribution >= 4 is 12.0 Å². The minimum Gasteiger partial charge on any atom is -0.504 e. The van der Waals surface area contributed by atoms with Gasteiger partial charge in [0, 0.05) is 13.2 Å². The van der Waals surface area contributed by atoms with Gasteiger partial charge in [-0.1, -0.05) is 6.07 Å². The fourth-order valence-electron chi connectivity index (χ4n) is 1.42. The standard InChI is InChI=1S/C14H16N2O4/c1-2-20-6-5-16-14(19)11(9-15)7-10-3-4-12(17)13(18)8-10/h3-4,7-8,17-18H,2,5-6H2,1H3,(H,16,19)/b11-7+. The van der Waals surface area contributed by atoms with Crippen molar-refractivity contribution in [3.8, 4) is 17.6 Å². The highest BCUT2D eigenvalue weighted by molar-refractivity contribution is 6.01. The Balaban J connectivity index is 2.74. The second-order valence-corrected chi connectivity index (χ2v) is 3.87. The normalized spacial score (nSPS) is 10.9. The van der Waals surface area contributed by atoms with Crippen molar-refractivity contribution in [2.75, 3.05) is 19.8 Å². The van der Waals surface area contributed by atoms with Crippen LogP contribution in [0.1, 0.15) is 12.5 Å². The number of phenolic OH excluding ortho intramolecular Hbond substituents is 2. The van der Waals surface area contributed by atoms with Gasteiger partial charge in [0.2, 0.25) is 0 Å². The van der Waals surface area contributed by atoms with Crippen LogP contribution in [0.5, 0.6) is 11.5 Å². The summed E-state index contributed by atoms with van der Waals surface area (Å²) < 4.78 is 5.07. The lowest BCUT2D eigenvalue weighted by Crippen LogP contribution is -2.28. The maximum Gasteiger partial charge on any atom is 0.262 e. The van der Waals surface area contributed by atoms with Crippen LogP contribution in [0.25, 0.3) is 6.08 Å². The van der Waals surface area contributed by atoms with Gasteiger partial charge in [0.1, 0.15) is 11.6 Å². The van der Waals surface area contributed by atoms with Crippen molar-refractivity contribution in [1.29, 1.82) is 5.26 Å². The zero-order valence-electron chi connectivity index (χ0n) is 11.1. The highest BCUT2D eigenvalue weighted by atomic mass is 16.5. The Kier molecular flexibility index (Phi) is 6.07. The molecule has 20 heavy (non-hydrogen) atoms. The SMILES string of the molecule is CCOCCNC(=O)/C(C#N)=C/c1ccc(O)c(O)c1. The molecule has 106 valence electrons. The van der Waals surface area contributed by atoms with Gasteiger partial charge in [-0.05, 0) is 30.7 Å². The molecular weight excluding hydrogens is 260 g/mol. The molecule has 1 amide bonds. The first kappa shape index (κ1) is 15.5. The smallest absolute Gasteiger partial charge is 0.262 e. The van der Waals surface area contributed by atoms with Crippen LogP contribution in [0.2, 0.25) is 0 Å². The summed E-state index contributed by atoms with van der Waals surface area (Å²) in [5, 5.41) is 30.0. The summed E-state index contributed by atoms with van der Waals surface area (Å²) in [5.41, 5.74) is 0.350. The second-order valence-electron chi connectivity index (χ2n) is 3.87. The van der Waals surface area contributed by atoms with E-state index in [2.05, 4.69) is 5.32 Å². The van der Waals surface area contributed by atoms with Crippen LogP contribution in [0.3, 0.4) is 0 Å². The van der Waals surface area contributed by atoms with Crippen LogP contribution in [0.4, 0.5) is 0 Å². The van der Waals surface area contributed by atoms with Gasteiger partial charge in [0.15, 0.2) is 11.5 Å². The summed E-state index contributed by atoms with van der Waals surface area (Å²) in [6.07, 6.45) is 1.33. The van der Waals surface area contributed by atoms with Gasteiger partial charge < -0.3 is 20.3 Å². The van der Waals surface area contributed by atoms with Crippen molar-refractivity contribution < 1.29 is 19.7 Å². The van der Waals surface area contributed by atoms with Gasteiger partial charge >= 0.3 is 0 Å². The lowest BCUT2D eigenvalue weighted by atomic mass is 10.1. The number of phenols is 2. The first-order valence-electron chi connectivity index (χ1n) is 6.08. The van der Waals surface area contributed by atoms with Crippen molar-refractivity contribution in [3.63, 3.8) is 0 Å². The molecule has 0 saturated heterocycles. The zero-order valence-corrected chi connectivity index (χ0v) is 11.1. The summed E-state index contributed by atoms with van der Waals surface area (Å²) >= 11 is 0. The Labute approximate surface area is 116 Å². The number of nitrogens with one attached hydrogen (secondary N) is 1. The molecule has 0 unspecified atom stereocenters. The molecule has 0 radical (unpaired) electrons.